The topological polar surface area (TPSA) is 24.8 Å². The van der Waals surface area contributed by atoms with Gasteiger partial charge in [-0.25, -0.2) is 0 Å². The second kappa shape index (κ2) is 2.33. The third kappa shape index (κ3) is 1.50. The fourth-order valence-electron chi connectivity index (χ4n) is 0.641. The van der Waals surface area contributed by atoms with Gasteiger partial charge < -0.3 is 9.74 Å². The molecule has 0 fully saturated rings. The van der Waals surface area contributed by atoms with Gasteiger partial charge in [0.15, 0.2) is 0 Å². The molecule has 0 radical (unpaired) electrons. The minimum atomic E-state index is 0.0871. The normalized spacial score (nSPS) is 17.3. The number of oxime groups is 1. The molecule has 0 bridgehead atoms. The predicted octanol–water partition coefficient (Wildman–Crippen LogP) is 1.53. The van der Waals surface area contributed by atoms with E-state index in [2.05, 4.69) is 30.8 Å². The molecule has 0 N–H and O–H groups in total. The molecule has 0 saturated heterocycles. The largest absolute Gasteiger partial charge is 0.362 e. The Morgan fingerprint density at radius 3 is 2.40 bits per heavy atom. The molecule has 0 spiro atoms. The Labute approximate surface area is 61.0 Å². The fraction of sp³-hybridized carbons (Fsp3) is 0.571. The summed E-state index contributed by atoms with van der Waals surface area (Å²) in [7, 11) is 0. The van der Waals surface area contributed by atoms with Crippen molar-refractivity contribution in [3.05, 3.63) is 12.5 Å². The molecular formula is C7H12N2O. The Hall–Kier alpha value is -0.990. The average molecular weight is 140 g/mol. The molecule has 0 atom stereocenters. The Bertz CT molecular complexity index is 155. The van der Waals surface area contributed by atoms with E-state index in [1.165, 1.54) is 0 Å². The van der Waals surface area contributed by atoms with E-state index in [4.69, 9.17) is 0 Å². The minimum absolute atomic E-state index is 0.0871. The molecule has 0 aromatic carbocycles. The van der Waals surface area contributed by atoms with E-state index in [9.17, 15) is 0 Å². The van der Waals surface area contributed by atoms with Gasteiger partial charge in [0.05, 0.1) is 0 Å². The van der Waals surface area contributed by atoms with Gasteiger partial charge in [-0.1, -0.05) is 5.16 Å². The van der Waals surface area contributed by atoms with Crippen LogP contribution in [-0.2, 0) is 4.84 Å². The van der Waals surface area contributed by atoms with Crippen molar-refractivity contribution in [3.63, 3.8) is 0 Å². The first-order valence-corrected chi connectivity index (χ1v) is 3.25. The molecule has 0 aliphatic carbocycles. The van der Waals surface area contributed by atoms with Crippen molar-refractivity contribution in [2.45, 2.75) is 26.3 Å². The minimum Gasteiger partial charge on any atom is -0.362 e. The average Bonchev–Trinajstić information content (AvgIpc) is 1.88. The summed E-state index contributed by atoms with van der Waals surface area (Å²) in [4.78, 5) is 6.62. The molecule has 0 aromatic rings. The summed E-state index contributed by atoms with van der Waals surface area (Å²) >= 11 is 0. The van der Waals surface area contributed by atoms with Crippen molar-refractivity contribution in [2.75, 3.05) is 0 Å². The van der Waals surface area contributed by atoms with Crippen LogP contribution in [0.3, 0.4) is 0 Å². The molecule has 0 aromatic heterocycles. The van der Waals surface area contributed by atoms with Crippen LogP contribution in [0.25, 0.3) is 0 Å². The van der Waals surface area contributed by atoms with Crippen LogP contribution in [0.4, 0.5) is 0 Å². The maximum atomic E-state index is 4.64. The first-order chi connectivity index (χ1) is 4.61. The van der Waals surface area contributed by atoms with Crippen molar-refractivity contribution in [3.8, 4) is 0 Å². The number of hydrogen-bond donors (Lipinski definition) is 0. The van der Waals surface area contributed by atoms with Gasteiger partial charge in [0, 0.05) is 11.7 Å². The zero-order chi connectivity index (χ0) is 7.61. The lowest BCUT2D eigenvalue weighted by Gasteiger charge is -2.30. The SMILES string of the molecule is CC(C)(C)N1C=CON=C1. The van der Waals surface area contributed by atoms with E-state index in [0.29, 0.717) is 0 Å². The van der Waals surface area contributed by atoms with Gasteiger partial charge in [0.1, 0.15) is 12.6 Å². The molecule has 56 valence electrons. The smallest absolute Gasteiger partial charge is 0.138 e. The molecular weight excluding hydrogens is 128 g/mol. The lowest BCUT2D eigenvalue weighted by atomic mass is 10.1. The highest BCUT2D eigenvalue weighted by Crippen LogP contribution is 2.12. The lowest BCUT2D eigenvalue weighted by Crippen LogP contribution is -2.36. The highest BCUT2D eigenvalue weighted by molar-refractivity contribution is 5.57. The van der Waals surface area contributed by atoms with Gasteiger partial charge in [-0.05, 0) is 20.8 Å². The third-order valence-corrected chi connectivity index (χ3v) is 1.29. The van der Waals surface area contributed by atoms with Gasteiger partial charge in [0.25, 0.3) is 0 Å². The number of hydrogen-bond acceptors (Lipinski definition) is 3. The highest BCUT2D eigenvalue weighted by atomic mass is 16.6. The van der Waals surface area contributed by atoms with E-state index in [-0.39, 0.29) is 5.54 Å². The number of nitrogens with zero attached hydrogens (tertiary/aromatic N) is 2. The lowest BCUT2D eigenvalue weighted by molar-refractivity contribution is 0.218. The zero-order valence-electron chi connectivity index (χ0n) is 6.53. The summed E-state index contributed by atoms with van der Waals surface area (Å²) in [5.41, 5.74) is 0.0871. The second-order valence-corrected chi connectivity index (χ2v) is 3.19. The molecule has 0 saturated carbocycles. The van der Waals surface area contributed by atoms with E-state index >= 15 is 0 Å². The van der Waals surface area contributed by atoms with Gasteiger partial charge >= 0.3 is 0 Å². The first-order valence-electron chi connectivity index (χ1n) is 3.25. The Morgan fingerprint density at radius 2 is 2.10 bits per heavy atom. The van der Waals surface area contributed by atoms with Crippen LogP contribution in [0.2, 0.25) is 0 Å². The van der Waals surface area contributed by atoms with Gasteiger partial charge in [-0.15, -0.1) is 0 Å². The van der Waals surface area contributed by atoms with Crippen molar-refractivity contribution >= 4 is 6.34 Å². The van der Waals surface area contributed by atoms with E-state index in [1.54, 1.807) is 12.6 Å². The quantitative estimate of drug-likeness (QED) is 0.509. The summed E-state index contributed by atoms with van der Waals surface area (Å²) in [5, 5.41) is 3.64. The van der Waals surface area contributed by atoms with Crippen molar-refractivity contribution in [1.82, 2.24) is 4.90 Å². The van der Waals surface area contributed by atoms with Gasteiger partial charge in [-0.2, -0.15) is 0 Å². The molecule has 1 aliphatic heterocycles. The fourth-order valence-corrected chi connectivity index (χ4v) is 0.641. The van der Waals surface area contributed by atoms with Crippen molar-refractivity contribution < 1.29 is 4.84 Å². The van der Waals surface area contributed by atoms with Crippen LogP contribution < -0.4 is 0 Å². The van der Waals surface area contributed by atoms with E-state index < -0.39 is 0 Å². The predicted molar refractivity (Wildman–Crippen MR) is 40.3 cm³/mol. The van der Waals surface area contributed by atoms with Crippen LogP contribution in [-0.4, -0.2) is 16.8 Å². The summed E-state index contributed by atoms with van der Waals surface area (Å²) in [6.07, 6.45) is 5.08. The van der Waals surface area contributed by atoms with E-state index in [1.807, 2.05) is 11.1 Å². The molecule has 0 amide bonds. The number of rotatable bonds is 0. The maximum Gasteiger partial charge on any atom is 0.138 e. The molecule has 3 nitrogen and oxygen atoms in total. The van der Waals surface area contributed by atoms with Crippen LogP contribution in [0.15, 0.2) is 17.6 Å². The van der Waals surface area contributed by atoms with Crippen molar-refractivity contribution in [1.29, 1.82) is 0 Å². The van der Waals surface area contributed by atoms with Crippen LogP contribution in [0.1, 0.15) is 20.8 Å². The highest BCUT2D eigenvalue weighted by Gasteiger charge is 2.17. The van der Waals surface area contributed by atoms with Crippen LogP contribution >= 0.6 is 0 Å². The molecule has 10 heavy (non-hydrogen) atoms. The summed E-state index contributed by atoms with van der Waals surface area (Å²) < 4.78 is 0. The standard InChI is InChI=1S/C7H12N2O/c1-7(2,3)9-4-5-10-8-6-9/h4-6H,1-3H3. The Balaban J connectivity index is 2.64. The molecule has 1 heterocycles. The summed E-state index contributed by atoms with van der Waals surface area (Å²) in [6.45, 7) is 6.32. The third-order valence-electron chi connectivity index (χ3n) is 1.29. The summed E-state index contributed by atoms with van der Waals surface area (Å²) in [6, 6.07) is 0. The second-order valence-electron chi connectivity index (χ2n) is 3.19. The van der Waals surface area contributed by atoms with Crippen LogP contribution in [0, 0.1) is 0 Å². The molecule has 0 unspecified atom stereocenters. The van der Waals surface area contributed by atoms with Crippen LogP contribution in [0.5, 0.6) is 0 Å². The summed E-state index contributed by atoms with van der Waals surface area (Å²) in [5.74, 6) is 0. The molecule has 1 rings (SSSR count). The van der Waals surface area contributed by atoms with Gasteiger partial charge in [-0.3, -0.25) is 0 Å². The Morgan fingerprint density at radius 1 is 1.40 bits per heavy atom. The van der Waals surface area contributed by atoms with Crippen molar-refractivity contribution in [2.24, 2.45) is 5.16 Å². The monoisotopic (exact) mass is 140 g/mol. The first kappa shape index (κ1) is 7.12. The van der Waals surface area contributed by atoms with E-state index in [0.717, 1.165) is 0 Å². The molecule has 3 heteroatoms. The molecule has 1 aliphatic rings. The zero-order valence-corrected chi connectivity index (χ0v) is 6.53. The van der Waals surface area contributed by atoms with Gasteiger partial charge in [0.2, 0.25) is 0 Å². The maximum absolute atomic E-state index is 4.64. The Kier molecular flexibility index (Phi) is 1.66.